The number of hydrogen-bond acceptors (Lipinski definition) is 4. The summed E-state index contributed by atoms with van der Waals surface area (Å²) < 4.78 is 10.1. The second-order valence-corrected chi connectivity index (χ2v) is 5.41. The van der Waals surface area contributed by atoms with Gasteiger partial charge in [-0.2, -0.15) is 12.6 Å². The average Bonchev–Trinajstić information content (AvgIpc) is 2.10. The molecule has 0 radical (unpaired) electrons. The lowest BCUT2D eigenvalue weighted by atomic mass is 10.2. The number of carbonyl (C=O) groups is 1. The van der Waals surface area contributed by atoms with E-state index in [4.69, 9.17) is 9.47 Å². The number of carbonyl (C=O) groups excluding carboxylic acids is 1. The first-order valence-corrected chi connectivity index (χ1v) is 6.00. The summed E-state index contributed by atoms with van der Waals surface area (Å²) in [5, 5.41) is 2.93. The van der Waals surface area contributed by atoms with Crippen LogP contribution in [-0.4, -0.2) is 37.2 Å². The predicted octanol–water partition coefficient (Wildman–Crippen LogP) is 2.24. The fraction of sp³-hybridized carbons (Fsp3) is 0.909. The molecule has 4 nitrogen and oxygen atoms in total. The van der Waals surface area contributed by atoms with E-state index < -0.39 is 5.60 Å². The quantitative estimate of drug-likeness (QED) is 0.560. The number of alkyl carbamates (subject to hydrolysis) is 1. The van der Waals surface area contributed by atoms with Crippen molar-refractivity contribution in [2.45, 2.75) is 44.5 Å². The summed E-state index contributed by atoms with van der Waals surface area (Å²) in [5.41, 5.74) is -0.438. The second kappa shape index (κ2) is 7.79. The topological polar surface area (TPSA) is 47.6 Å². The van der Waals surface area contributed by atoms with Crippen molar-refractivity contribution in [2.75, 3.05) is 20.3 Å². The Morgan fingerprint density at radius 1 is 1.44 bits per heavy atom. The fourth-order valence-corrected chi connectivity index (χ4v) is 1.45. The normalized spacial score (nSPS) is 13.3. The zero-order valence-corrected chi connectivity index (χ0v) is 11.5. The zero-order chi connectivity index (χ0) is 12.6. The van der Waals surface area contributed by atoms with E-state index in [0.29, 0.717) is 13.2 Å². The molecule has 0 aromatic rings. The minimum atomic E-state index is -0.438. The first-order chi connectivity index (χ1) is 7.35. The van der Waals surface area contributed by atoms with Crippen LogP contribution in [0.1, 0.15) is 33.6 Å². The maximum atomic E-state index is 11.3. The minimum absolute atomic E-state index is 0.227. The molecule has 0 aliphatic carbocycles. The van der Waals surface area contributed by atoms with Crippen LogP contribution in [0.4, 0.5) is 4.79 Å². The van der Waals surface area contributed by atoms with Crippen LogP contribution in [-0.2, 0) is 9.47 Å². The van der Waals surface area contributed by atoms with Crippen molar-refractivity contribution in [1.82, 2.24) is 5.32 Å². The van der Waals surface area contributed by atoms with E-state index in [9.17, 15) is 4.79 Å². The molecule has 0 bridgehead atoms. The monoisotopic (exact) mass is 249 g/mol. The summed E-state index contributed by atoms with van der Waals surface area (Å²) in [6, 6.07) is 0. The highest BCUT2D eigenvalue weighted by Crippen LogP contribution is 2.07. The molecule has 0 saturated carbocycles. The number of rotatable bonds is 6. The van der Waals surface area contributed by atoms with Crippen LogP contribution in [0.25, 0.3) is 0 Å². The Morgan fingerprint density at radius 3 is 2.56 bits per heavy atom. The van der Waals surface area contributed by atoms with Crippen LogP contribution < -0.4 is 5.32 Å². The number of hydrogen-bond donors (Lipinski definition) is 2. The molecule has 1 atom stereocenters. The van der Waals surface area contributed by atoms with Crippen molar-refractivity contribution in [3.63, 3.8) is 0 Å². The third-order valence-corrected chi connectivity index (χ3v) is 2.15. The lowest BCUT2D eigenvalue weighted by molar-refractivity contribution is 0.0527. The Morgan fingerprint density at radius 2 is 2.06 bits per heavy atom. The van der Waals surface area contributed by atoms with Gasteiger partial charge in [-0.05, 0) is 33.6 Å². The molecule has 0 aliphatic heterocycles. The lowest BCUT2D eigenvalue weighted by Crippen LogP contribution is -2.33. The Kier molecular flexibility index (Phi) is 7.58. The van der Waals surface area contributed by atoms with Crippen molar-refractivity contribution in [3.05, 3.63) is 0 Å². The van der Waals surface area contributed by atoms with E-state index in [1.807, 2.05) is 20.8 Å². The molecule has 16 heavy (non-hydrogen) atoms. The smallest absolute Gasteiger partial charge is 0.407 e. The number of methoxy groups -OCH3 is 1. The van der Waals surface area contributed by atoms with Crippen molar-refractivity contribution < 1.29 is 14.3 Å². The van der Waals surface area contributed by atoms with Gasteiger partial charge in [0.15, 0.2) is 0 Å². The van der Waals surface area contributed by atoms with Crippen molar-refractivity contribution in [2.24, 2.45) is 0 Å². The van der Waals surface area contributed by atoms with Gasteiger partial charge in [-0.3, -0.25) is 0 Å². The van der Waals surface area contributed by atoms with Gasteiger partial charge < -0.3 is 14.8 Å². The van der Waals surface area contributed by atoms with Gasteiger partial charge in [0.2, 0.25) is 0 Å². The first kappa shape index (κ1) is 15.6. The van der Waals surface area contributed by atoms with Gasteiger partial charge in [-0.15, -0.1) is 0 Å². The number of thiol groups is 1. The lowest BCUT2D eigenvalue weighted by Gasteiger charge is -2.19. The minimum Gasteiger partial charge on any atom is -0.444 e. The standard InChI is InChI=1S/C11H23NO3S/c1-11(2,3)15-10(13)12-7-5-6-9(16)8-14-4/h9,16H,5-8H2,1-4H3,(H,12,13). The highest BCUT2D eigenvalue weighted by atomic mass is 32.1. The van der Waals surface area contributed by atoms with Crippen LogP contribution in [0, 0.1) is 0 Å². The van der Waals surface area contributed by atoms with Crippen molar-refractivity contribution in [3.8, 4) is 0 Å². The maximum Gasteiger partial charge on any atom is 0.407 e. The Balaban J connectivity index is 3.48. The fourth-order valence-electron chi connectivity index (χ4n) is 1.12. The van der Waals surface area contributed by atoms with E-state index in [1.165, 1.54) is 0 Å². The number of amides is 1. The van der Waals surface area contributed by atoms with Gasteiger partial charge in [0, 0.05) is 18.9 Å². The van der Waals surface area contributed by atoms with Crippen molar-refractivity contribution in [1.29, 1.82) is 0 Å². The molecular formula is C11H23NO3S. The summed E-state index contributed by atoms with van der Waals surface area (Å²) in [7, 11) is 1.65. The first-order valence-electron chi connectivity index (χ1n) is 5.49. The molecule has 0 fully saturated rings. The molecule has 1 N–H and O–H groups in total. The summed E-state index contributed by atoms with van der Waals surface area (Å²) in [6.45, 7) is 6.77. The summed E-state index contributed by atoms with van der Waals surface area (Å²) >= 11 is 4.33. The van der Waals surface area contributed by atoms with E-state index in [2.05, 4.69) is 17.9 Å². The highest BCUT2D eigenvalue weighted by Gasteiger charge is 2.15. The van der Waals surface area contributed by atoms with E-state index in [-0.39, 0.29) is 11.3 Å². The van der Waals surface area contributed by atoms with Gasteiger partial charge >= 0.3 is 6.09 Å². The summed E-state index contributed by atoms with van der Waals surface area (Å²) in [5.74, 6) is 0. The number of ether oxygens (including phenoxy) is 2. The molecule has 0 aliphatic rings. The molecule has 1 unspecified atom stereocenters. The van der Waals surface area contributed by atoms with Crippen molar-refractivity contribution >= 4 is 18.7 Å². The Labute approximate surface area is 103 Å². The molecule has 96 valence electrons. The second-order valence-electron chi connectivity index (χ2n) is 4.68. The number of nitrogens with one attached hydrogen (secondary N) is 1. The largest absolute Gasteiger partial charge is 0.444 e. The highest BCUT2D eigenvalue weighted by molar-refractivity contribution is 7.81. The molecule has 0 spiro atoms. The summed E-state index contributed by atoms with van der Waals surface area (Å²) in [4.78, 5) is 11.3. The summed E-state index contributed by atoms with van der Waals surface area (Å²) in [6.07, 6.45) is 1.42. The van der Waals surface area contributed by atoms with E-state index in [0.717, 1.165) is 12.8 Å². The SMILES string of the molecule is COCC(S)CCCNC(=O)OC(C)(C)C. The third-order valence-electron chi connectivity index (χ3n) is 1.74. The van der Waals surface area contributed by atoms with Crippen LogP contribution in [0.5, 0.6) is 0 Å². The van der Waals surface area contributed by atoms with E-state index in [1.54, 1.807) is 7.11 Å². The molecule has 0 rings (SSSR count). The predicted molar refractivity (Wildman–Crippen MR) is 68.1 cm³/mol. The maximum absolute atomic E-state index is 11.3. The Hall–Kier alpha value is -0.420. The van der Waals surface area contributed by atoms with Gasteiger partial charge in [0.25, 0.3) is 0 Å². The zero-order valence-electron chi connectivity index (χ0n) is 10.6. The molecular weight excluding hydrogens is 226 g/mol. The third kappa shape index (κ3) is 10.1. The van der Waals surface area contributed by atoms with E-state index >= 15 is 0 Å². The molecule has 0 aromatic heterocycles. The molecule has 5 heteroatoms. The van der Waals surface area contributed by atoms with Gasteiger partial charge in [0.05, 0.1) is 6.61 Å². The van der Waals surface area contributed by atoms with Crippen LogP contribution >= 0.6 is 12.6 Å². The van der Waals surface area contributed by atoms with Gasteiger partial charge in [0.1, 0.15) is 5.60 Å². The average molecular weight is 249 g/mol. The van der Waals surface area contributed by atoms with Gasteiger partial charge in [-0.1, -0.05) is 0 Å². The molecule has 0 heterocycles. The molecule has 0 aromatic carbocycles. The van der Waals surface area contributed by atoms with Crippen LogP contribution in [0.3, 0.4) is 0 Å². The molecule has 1 amide bonds. The van der Waals surface area contributed by atoms with Gasteiger partial charge in [-0.25, -0.2) is 4.79 Å². The Bertz CT molecular complexity index is 204. The van der Waals surface area contributed by atoms with Crippen LogP contribution in [0.2, 0.25) is 0 Å². The molecule has 0 saturated heterocycles. The van der Waals surface area contributed by atoms with Crippen LogP contribution in [0.15, 0.2) is 0 Å².